The number of halogens is 1. The van der Waals surface area contributed by atoms with Crippen molar-refractivity contribution in [3.8, 4) is 0 Å². The van der Waals surface area contributed by atoms with Crippen molar-refractivity contribution in [3.05, 3.63) is 65.5 Å². The molecular formula is C18H19FN2O. The Morgan fingerprint density at radius 2 is 2.09 bits per heavy atom. The van der Waals surface area contributed by atoms with Crippen LogP contribution in [-0.4, -0.2) is 24.4 Å². The highest BCUT2D eigenvalue weighted by atomic mass is 19.1. The zero-order valence-corrected chi connectivity index (χ0v) is 12.6. The number of nitrogens with one attached hydrogen (secondary N) is 1. The Labute approximate surface area is 129 Å². The molecule has 114 valence electrons. The smallest absolute Gasteiger partial charge is 0.238 e. The molecule has 1 N–H and O–H groups in total. The Morgan fingerprint density at radius 1 is 1.27 bits per heavy atom. The van der Waals surface area contributed by atoms with Gasteiger partial charge in [-0.1, -0.05) is 30.3 Å². The van der Waals surface area contributed by atoms with Crippen molar-refractivity contribution in [3.63, 3.8) is 0 Å². The molecule has 1 aliphatic rings. The van der Waals surface area contributed by atoms with Gasteiger partial charge in [-0.05, 0) is 49.2 Å². The van der Waals surface area contributed by atoms with Crippen molar-refractivity contribution in [2.75, 3.05) is 18.9 Å². The van der Waals surface area contributed by atoms with E-state index in [0.717, 1.165) is 12.8 Å². The third kappa shape index (κ3) is 3.17. The van der Waals surface area contributed by atoms with Gasteiger partial charge in [-0.3, -0.25) is 9.69 Å². The fourth-order valence-electron chi connectivity index (χ4n) is 3.10. The molecule has 2 aromatic rings. The van der Waals surface area contributed by atoms with Gasteiger partial charge in [-0.2, -0.15) is 0 Å². The Morgan fingerprint density at radius 3 is 2.91 bits per heavy atom. The third-order valence-electron chi connectivity index (χ3n) is 4.13. The maximum atomic E-state index is 13.1. The predicted molar refractivity (Wildman–Crippen MR) is 85.2 cm³/mol. The molecule has 0 radical (unpaired) electrons. The van der Waals surface area contributed by atoms with Gasteiger partial charge in [0, 0.05) is 11.7 Å². The summed E-state index contributed by atoms with van der Waals surface area (Å²) >= 11 is 0. The topological polar surface area (TPSA) is 32.3 Å². The fraction of sp³-hybridized carbons (Fsp3) is 0.278. The summed E-state index contributed by atoms with van der Waals surface area (Å²) in [4.78, 5) is 14.2. The van der Waals surface area contributed by atoms with E-state index in [1.807, 2.05) is 13.1 Å². The van der Waals surface area contributed by atoms with Crippen LogP contribution in [0.1, 0.15) is 23.6 Å². The van der Waals surface area contributed by atoms with Gasteiger partial charge >= 0.3 is 0 Å². The molecule has 1 atom stereocenters. The first-order valence-electron chi connectivity index (χ1n) is 7.47. The summed E-state index contributed by atoms with van der Waals surface area (Å²) in [5, 5.41) is 2.74. The lowest BCUT2D eigenvalue weighted by Crippen LogP contribution is -2.32. The maximum absolute atomic E-state index is 13.1. The van der Waals surface area contributed by atoms with Gasteiger partial charge in [0.15, 0.2) is 0 Å². The minimum atomic E-state index is -0.351. The van der Waals surface area contributed by atoms with Crippen LogP contribution in [0.2, 0.25) is 0 Å². The molecule has 0 unspecified atom stereocenters. The molecule has 0 saturated carbocycles. The average molecular weight is 298 g/mol. The van der Waals surface area contributed by atoms with E-state index in [0.29, 0.717) is 5.69 Å². The molecule has 3 nitrogen and oxygen atoms in total. The summed E-state index contributed by atoms with van der Waals surface area (Å²) in [6.45, 7) is 0.287. The zero-order chi connectivity index (χ0) is 15.5. The number of fused-ring (bicyclic) bond motifs is 1. The number of hydrogen-bond donors (Lipinski definition) is 1. The van der Waals surface area contributed by atoms with Crippen LogP contribution in [0.25, 0.3) is 0 Å². The molecule has 22 heavy (non-hydrogen) atoms. The third-order valence-corrected chi connectivity index (χ3v) is 4.13. The molecule has 0 fully saturated rings. The Hall–Kier alpha value is -2.20. The van der Waals surface area contributed by atoms with Crippen LogP contribution in [0.3, 0.4) is 0 Å². The second-order valence-corrected chi connectivity index (χ2v) is 5.73. The first-order valence-corrected chi connectivity index (χ1v) is 7.47. The summed E-state index contributed by atoms with van der Waals surface area (Å²) < 4.78 is 13.1. The van der Waals surface area contributed by atoms with Gasteiger partial charge in [0.2, 0.25) is 5.91 Å². The minimum Gasteiger partial charge on any atom is -0.325 e. The minimum absolute atomic E-state index is 0.127. The number of hydrogen-bond acceptors (Lipinski definition) is 2. The second kappa shape index (κ2) is 6.28. The highest BCUT2D eigenvalue weighted by molar-refractivity contribution is 5.92. The largest absolute Gasteiger partial charge is 0.325 e. The first-order chi connectivity index (χ1) is 10.6. The molecule has 0 aliphatic heterocycles. The molecular weight excluding hydrogens is 279 g/mol. The second-order valence-electron chi connectivity index (χ2n) is 5.73. The standard InChI is InChI=1S/C18H19FN2O/c1-21(17-10-9-13-5-2-3-8-16(13)17)12-18(22)20-15-7-4-6-14(19)11-15/h2-8,11,17H,9-10,12H2,1H3,(H,20,22)/t17-/m0/s1. The maximum Gasteiger partial charge on any atom is 0.238 e. The van der Waals surface area contributed by atoms with Crippen molar-refractivity contribution >= 4 is 11.6 Å². The number of carbonyl (C=O) groups is 1. The van der Waals surface area contributed by atoms with Crippen LogP contribution in [0.5, 0.6) is 0 Å². The monoisotopic (exact) mass is 298 g/mol. The number of rotatable bonds is 4. The van der Waals surface area contributed by atoms with Crippen molar-refractivity contribution in [2.24, 2.45) is 0 Å². The molecule has 0 spiro atoms. The molecule has 0 aromatic heterocycles. The van der Waals surface area contributed by atoms with Gasteiger partial charge in [0.25, 0.3) is 0 Å². The van der Waals surface area contributed by atoms with E-state index in [4.69, 9.17) is 0 Å². The number of likely N-dealkylation sites (N-methyl/N-ethyl adjacent to an activating group) is 1. The summed E-state index contributed by atoms with van der Waals surface area (Å²) in [6.07, 6.45) is 2.08. The molecule has 0 bridgehead atoms. The summed E-state index contributed by atoms with van der Waals surface area (Å²) in [6, 6.07) is 14.6. The predicted octanol–water partition coefficient (Wildman–Crippen LogP) is 3.38. The molecule has 4 heteroatoms. The number of nitrogens with zero attached hydrogens (tertiary/aromatic N) is 1. The van der Waals surface area contributed by atoms with E-state index in [1.165, 1.54) is 23.3 Å². The van der Waals surface area contributed by atoms with Gasteiger partial charge < -0.3 is 5.32 Å². The fourth-order valence-corrected chi connectivity index (χ4v) is 3.10. The Kier molecular flexibility index (Phi) is 4.20. The lowest BCUT2D eigenvalue weighted by molar-refractivity contribution is -0.117. The number of amides is 1. The average Bonchev–Trinajstić information content (AvgIpc) is 2.91. The molecule has 2 aromatic carbocycles. The molecule has 0 heterocycles. The number of aryl methyl sites for hydroxylation is 1. The summed E-state index contributed by atoms with van der Waals surface area (Å²) in [5.41, 5.74) is 3.17. The van der Waals surface area contributed by atoms with E-state index in [1.54, 1.807) is 12.1 Å². The van der Waals surface area contributed by atoms with Gasteiger partial charge in [0.05, 0.1) is 6.54 Å². The number of benzene rings is 2. The highest BCUT2D eigenvalue weighted by Crippen LogP contribution is 2.34. The van der Waals surface area contributed by atoms with E-state index in [9.17, 15) is 9.18 Å². The normalized spacial score (nSPS) is 16.6. The lowest BCUT2D eigenvalue weighted by atomic mass is 10.1. The summed E-state index contributed by atoms with van der Waals surface area (Å²) in [7, 11) is 1.96. The highest BCUT2D eigenvalue weighted by Gasteiger charge is 2.26. The van der Waals surface area contributed by atoms with Crippen LogP contribution >= 0.6 is 0 Å². The van der Waals surface area contributed by atoms with E-state index < -0.39 is 0 Å². The summed E-state index contributed by atoms with van der Waals surface area (Å²) in [5.74, 6) is -0.478. The van der Waals surface area contributed by atoms with Crippen LogP contribution in [0.15, 0.2) is 48.5 Å². The number of anilines is 1. The van der Waals surface area contributed by atoms with E-state index >= 15 is 0 Å². The van der Waals surface area contributed by atoms with Gasteiger partial charge in [0.1, 0.15) is 5.82 Å². The molecule has 3 rings (SSSR count). The van der Waals surface area contributed by atoms with E-state index in [2.05, 4.69) is 28.4 Å². The van der Waals surface area contributed by atoms with Crippen LogP contribution in [-0.2, 0) is 11.2 Å². The Balaban J connectivity index is 1.62. The van der Waals surface area contributed by atoms with Crippen LogP contribution < -0.4 is 5.32 Å². The molecule has 0 saturated heterocycles. The molecule has 1 aliphatic carbocycles. The van der Waals surface area contributed by atoms with Crippen molar-refractivity contribution < 1.29 is 9.18 Å². The number of carbonyl (C=O) groups excluding carboxylic acids is 1. The van der Waals surface area contributed by atoms with E-state index in [-0.39, 0.29) is 24.3 Å². The zero-order valence-electron chi connectivity index (χ0n) is 12.6. The lowest BCUT2D eigenvalue weighted by Gasteiger charge is -2.24. The van der Waals surface area contributed by atoms with Gasteiger partial charge in [-0.25, -0.2) is 4.39 Å². The molecule has 1 amide bonds. The van der Waals surface area contributed by atoms with Crippen LogP contribution in [0.4, 0.5) is 10.1 Å². The van der Waals surface area contributed by atoms with Gasteiger partial charge in [-0.15, -0.1) is 0 Å². The van der Waals surface area contributed by atoms with Crippen molar-refractivity contribution in [1.82, 2.24) is 4.90 Å². The quantitative estimate of drug-likeness (QED) is 0.938. The Bertz CT molecular complexity index is 686. The van der Waals surface area contributed by atoms with Crippen molar-refractivity contribution in [1.29, 1.82) is 0 Å². The van der Waals surface area contributed by atoms with Crippen molar-refractivity contribution in [2.45, 2.75) is 18.9 Å². The van der Waals surface area contributed by atoms with Crippen LogP contribution in [0, 0.1) is 5.82 Å². The first kappa shape index (κ1) is 14.7. The SMILES string of the molecule is CN(CC(=O)Nc1cccc(F)c1)[C@H]1CCc2ccccc21.